The average molecular weight is 1050 g/mol. The van der Waals surface area contributed by atoms with E-state index in [0.29, 0.717) is 77.4 Å². The lowest BCUT2D eigenvalue weighted by Crippen LogP contribution is -2.51. The van der Waals surface area contributed by atoms with Crippen LogP contribution in [0, 0.1) is 23.6 Å². The first-order valence-corrected chi connectivity index (χ1v) is 25.9. The molecule has 15 nitrogen and oxygen atoms in total. The minimum absolute atomic E-state index is 0.0105. The summed E-state index contributed by atoms with van der Waals surface area (Å²) in [6, 6.07) is 21.6. The molecular weight excluding hydrogens is 995 g/mol. The number of likely N-dealkylation sites (tertiary alicyclic amines) is 1. The Morgan fingerprint density at radius 2 is 1.28 bits per heavy atom. The number of nitrogens with zero attached hydrogens (tertiary/aromatic N) is 7. The van der Waals surface area contributed by atoms with Crippen LogP contribution in [0.5, 0.6) is 0 Å². The summed E-state index contributed by atoms with van der Waals surface area (Å²) in [4.78, 5) is 54.5. The Balaban J connectivity index is 0.863. The fourth-order valence-corrected chi connectivity index (χ4v) is 11.8. The average Bonchev–Trinajstić information content (AvgIpc) is 3.80. The Kier molecular flexibility index (Phi) is 13.9. The van der Waals surface area contributed by atoms with Gasteiger partial charge in [0.1, 0.15) is 28.6 Å². The summed E-state index contributed by atoms with van der Waals surface area (Å²) in [5.74, 6) is -2.05. The van der Waals surface area contributed by atoms with E-state index in [1.807, 2.05) is 44.4 Å². The highest BCUT2D eigenvalue weighted by atomic mass is 35.5. The first-order valence-electron chi connectivity index (χ1n) is 25.5. The standard InChI is InChI=1S/C57H57ClF3N11O4/c1-29-25-72(46-12-8-33(20-37(46)26-70(3)4)49-53(61)69-55(63)51(67-49)35-7-11-41-43(22-35)45(59)24-65-57(41)74)28-47(76-29)38-13-16-71(30(38)2)27-36-19-32(5-9-39(36)31-14-17-75-18-15-31)48-52(60)68-54(62)50(66-48)34-6-10-40-42(21-34)44(58)23-64-56(40)73/h5-12,19-24,29-31,38,47H,13-18,25-28H2,1-4H3,(H2,62,68)(H2,63,69)(H,64,73)(H,65,74)/t29-,30-,38?,47-/m0/s1. The molecule has 4 aromatic heterocycles. The van der Waals surface area contributed by atoms with Crippen molar-refractivity contribution >= 4 is 50.5 Å². The van der Waals surface area contributed by atoms with Crippen molar-refractivity contribution in [2.45, 2.75) is 70.4 Å². The van der Waals surface area contributed by atoms with Crippen LogP contribution in [0.25, 0.3) is 66.6 Å². The van der Waals surface area contributed by atoms with Crippen molar-refractivity contribution in [3.8, 4) is 45.0 Å². The van der Waals surface area contributed by atoms with Crippen LogP contribution in [0.15, 0.2) is 94.8 Å². The van der Waals surface area contributed by atoms with Crippen molar-refractivity contribution in [2.24, 2.45) is 5.92 Å². The lowest BCUT2D eigenvalue weighted by molar-refractivity contribution is -0.0524. The molecule has 3 aliphatic rings. The zero-order valence-corrected chi connectivity index (χ0v) is 43.2. The molecule has 3 fully saturated rings. The van der Waals surface area contributed by atoms with E-state index in [2.05, 4.69) is 59.5 Å². The number of morpholine rings is 1. The fourth-order valence-electron chi connectivity index (χ4n) is 11.6. The molecule has 3 aliphatic heterocycles. The zero-order chi connectivity index (χ0) is 53.1. The number of rotatable bonds is 11. The Bertz CT molecular complexity index is 3680. The molecule has 76 heavy (non-hydrogen) atoms. The highest BCUT2D eigenvalue weighted by Gasteiger charge is 2.41. The predicted molar refractivity (Wildman–Crippen MR) is 290 cm³/mol. The molecule has 8 aromatic rings. The van der Waals surface area contributed by atoms with Gasteiger partial charge in [0.2, 0.25) is 11.9 Å². The van der Waals surface area contributed by atoms with Crippen molar-refractivity contribution in [3.63, 3.8) is 0 Å². The van der Waals surface area contributed by atoms with Crippen LogP contribution in [0.3, 0.4) is 0 Å². The number of H-pyrrole nitrogens is 2. The van der Waals surface area contributed by atoms with Crippen molar-refractivity contribution in [3.05, 3.63) is 145 Å². The second-order valence-electron chi connectivity index (χ2n) is 20.6. The van der Waals surface area contributed by atoms with Crippen LogP contribution in [0.2, 0.25) is 5.02 Å². The number of anilines is 3. The minimum Gasteiger partial charge on any atom is -0.382 e. The Labute approximate surface area is 441 Å². The number of ether oxygens (including phenoxy) is 2. The monoisotopic (exact) mass is 1050 g/mol. The van der Waals surface area contributed by atoms with E-state index < -0.39 is 23.3 Å². The molecule has 4 atom stereocenters. The summed E-state index contributed by atoms with van der Waals surface area (Å²) in [5, 5.41) is 1.51. The number of hydrogen-bond donors (Lipinski definition) is 4. The molecule has 19 heteroatoms. The molecule has 6 N–H and O–H groups in total. The van der Waals surface area contributed by atoms with Gasteiger partial charge in [-0.1, -0.05) is 41.9 Å². The maximum atomic E-state index is 16.0. The summed E-state index contributed by atoms with van der Waals surface area (Å²) in [6.45, 7) is 8.96. The van der Waals surface area contributed by atoms with Gasteiger partial charge in [-0.2, -0.15) is 18.7 Å². The lowest BCUT2D eigenvalue weighted by atomic mass is 9.86. The largest absolute Gasteiger partial charge is 0.382 e. The zero-order valence-electron chi connectivity index (χ0n) is 42.5. The van der Waals surface area contributed by atoms with Crippen molar-refractivity contribution in [1.29, 1.82) is 0 Å². The lowest BCUT2D eigenvalue weighted by Gasteiger charge is -2.42. The van der Waals surface area contributed by atoms with Crippen molar-refractivity contribution < 1.29 is 22.6 Å². The van der Waals surface area contributed by atoms with Crippen LogP contribution in [-0.2, 0) is 22.6 Å². The quantitative estimate of drug-likeness (QED) is 0.0957. The number of hydrogen-bond acceptors (Lipinski definition) is 13. The third-order valence-corrected chi connectivity index (χ3v) is 15.7. The molecule has 0 saturated carbocycles. The number of nitrogens with two attached hydrogens (primary N) is 2. The van der Waals surface area contributed by atoms with Gasteiger partial charge in [-0.15, -0.1) is 0 Å². The van der Waals surface area contributed by atoms with Gasteiger partial charge in [0, 0.05) is 113 Å². The molecular formula is C57H57ClF3N11O4. The van der Waals surface area contributed by atoms with Gasteiger partial charge in [-0.3, -0.25) is 14.5 Å². The number of fused-ring (bicyclic) bond motifs is 2. The van der Waals surface area contributed by atoms with Gasteiger partial charge in [0.15, 0.2) is 11.6 Å². The van der Waals surface area contributed by atoms with E-state index in [4.69, 9.17) is 37.5 Å². The highest BCUT2D eigenvalue weighted by Crippen LogP contribution is 2.40. The molecule has 1 unspecified atom stereocenters. The van der Waals surface area contributed by atoms with Gasteiger partial charge in [0.25, 0.3) is 11.1 Å². The number of halogens is 4. The number of nitrogens with one attached hydrogen (secondary N) is 2. The third-order valence-electron chi connectivity index (χ3n) is 15.3. The van der Waals surface area contributed by atoms with E-state index in [1.54, 1.807) is 24.3 Å². The summed E-state index contributed by atoms with van der Waals surface area (Å²) in [6.07, 6.45) is 4.88. The van der Waals surface area contributed by atoms with E-state index in [0.717, 1.165) is 48.8 Å². The van der Waals surface area contributed by atoms with Gasteiger partial charge in [-0.05, 0) is 119 Å². The summed E-state index contributed by atoms with van der Waals surface area (Å²) in [5.41, 5.74) is 18.6. The number of aromatic amines is 2. The Morgan fingerprint density at radius 3 is 1.93 bits per heavy atom. The summed E-state index contributed by atoms with van der Waals surface area (Å²) >= 11 is 6.48. The third kappa shape index (κ3) is 9.79. The van der Waals surface area contributed by atoms with Crippen molar-refractivity contribution in [2.75, 3.05) is 63.3 Å². The van der Waals surface area contributed by atoms with Crippen LogP contribution >= 0.6 is 11.6 Å². The molecule has 7 heterocycles. The Morgan fingerprint density at radius 1 is 0.697 bits per heavy atom. The van der Waals surface area contributed by atoms with E-state index in [9.17, 15) is 14.0 Å². The maximum Gasteiger partial charge on any atom is 0.256 e. The Hall–Kier alpha value is -7.22. The second kappa shape index (κ2) is 20.7. The maximum absolute atomic E-state index is 16.0. The molecule has 0 bridgehead atoms. The van der Waals surface area contributed by atoms with Crippen molar-refractivity contribution in [1.82, 2.24) is 39.7 Å². The summed E-state index contributed by atoms with van der Waals surface area (Å²) < 4.78 is 59.4. The summed E-state index contributed by atoms with van der Waals surface area (Å²) in [7, 11) is 3.96. The van der Waals surface area contributed by atoms with Gasteiger partial charge in [-0.25, -0.2) is 14.4 Å². The minimum atomic E-state index is -0.844. The van der Waals surface area contributed by atoms with Gasteiger partial charge >= 0.3 is 0 Å². The highest BCUT2D eigenvalue weighted by molar-refractivity contribution is 6.35. The molecule has 4 aromatic carbocycles. The molecule has 3 saturated heterocycles. The van der Waals surface area contributed by atoms with Crippen LogP contribution in [0.4, 0.5) is 30.5 Å². The smallest absolute Gasteiger partial charge is 0.256 e. The van der Waals surface area contributed by atoms with Crippen LogP contribution in [-0.4, -0.2) is 105 Å². The van der Waals surface area contributed by atoms with Crippen LogP contribution in [0.1, 0.15) is 55.7 Å². The SMILES string of the molecule is C[C@H]1CN(c2ccc(-c3nc(-c4ccc5c(=O)[nH]cc(F)c5c4)c(N)nc3F)cc2CN(C)C)C[C@@H](C2CCN(Cc3cc(-c4nc(-c5ccc6c(=O)[nH]cc(Cl)c6c5)c(N)nc4F)ccc3C3CCOCC3)[C@H]2C)O1. The molecule has 11 rings (SSSR count). The topological polar surface area (TPSA) is 198 Å². The molecule has 0 amide bonds. The molecule has 392 valence electrons. The number of benzene rings is 4. The van der Waals surface area contributed by atoms with Gasteiger partial charge < -0.3 is 40.7 Å². The van der Waals surface area contributed by atoms with E-state index in [1.165, 1.54) is 23.9 Å². The fraction of sp³-hybridized carbons (Fsp3) is 0.333. The molecule has 0 aliphatic carbocycles. The number of nitrogen functional groups attached to an aromatic ring is 2. The van der Waals surface area contributed by atoms with Gasteiger partial charge in [0.05, 0.1) is 17.2 Å². The number of aromatic nitrogens is 6. The second-order valence-corrected chi connectivity index (χ2v) is 21.0. The van der Waals surface area contributed by atoms with E-state index in [-0.39, 0.29) is 80.8 Å². The normalized spacial score (nSPS) is 19.6. The first-order chi connectivity index (χ1) is 36.6. The first kappa shape index (κ1) is 50.9. The predicted octanol–water partition coefficient (Wildman–Crippen LogP) is 9.31. The van der Waals surface area contributed by atoms with Crippen LogP contribution < -0.4 is 27.5 Å². The molecule has 0 radical (unpaired) electrons. The molecule has 0 spiro atoms. The number of pyridine rings is 2. The van der Waals surface area contributed by atoms with E-state index >= 15 is 8.78 Å².